The Morgan fingerprint density at radius 1 is 1.05 bits per heavy atom. The molecule has 12 nitrogen and oxygen atoms in total. The minimum atomic E-state index is -1.82. The van der Waals surface area contributed by atoms with Gasteiger partial charge in [0.25, 0.3) is 0 Å². The molecule has 0 saturated carbocycles. The van der Waals surface area contributed by atoms with Crippen molar-refractivity contribution in [3.63, 3.8) is 0 Å². The van der Waals surface area contributed by atoms with E-state index in [0.717, 1.165) is 18.4 Å². The van der Waals surface area contributed by atoms with Gasteiger partial charge in [0.15, 0.2) is 18.2 Å². The number of ether oxygens (including phenoxy) is 8. The Balaban J connectivity index is 1.20. The first-order valence-electron chi connectivity index (χ1n) is 22.1. The maximum absolute atomic E-state index is 14.3. The van der Waals surface area contributed by atoms with E-state index in [4.69, 9.17) is 37.9 Å². The first kappa shape index (κ1) is 44.8. The highest BCUT2D eigenvalue weighted by Crippen LogP contribution is 2.48. The lowest BCUT2D eigenvalue weighted by Gasteiger charge is -2.51. The van der Waals surface area contributed by atoms with Gasteiger partial charge in [-0.1, -0.05) is 82.7 Å². The Kier molecular flexibility index (Phi) is 13.9. The van der Waals surface area contributed by atoms with Crippen molar-refractivity contribution in [1.82, 2.24) is 0 Å². The van der Waals surface area contributed by atoms with Crippen LogP contribution in [-0.4, -0.2) is 108 Å². The number of allylic oxidation sites excluding steroid dienone is 2. The quantitative estimate of drug-likeness (QED) is 0.217. The third-order valence-corrected chi connectivity index (χ3v) is 13.9. The number of aliphatic hydroxyl groups excluding tert-OH is 1. The topological polar surface area (TPSA) is 148 Å². The molecule has 5 aliphatic heterocycles. The minimum absolute atomic E-state index is 0.00936. The van der Waals surface area contributed by atoms with Gasteiger partial charge in [-0.05, 0) is 74.3 Å². The number of aliphatic hydroxyl groups is 2. The highest BCUT2D eigenvalue weighted by Gasteiger charge is 2.60. The van der Waals surface area contributed by atoms with Crippen molar-refractivity contribution in [1.29, 1.82) is 0 Å². The van der Waals surface area contributed by atoms with Crippen LogP contribution >= 0.6 is 0 Å². The summed E-state index contributed by atoms with van der Waals surface area (Å²) in [6, 6.07) is 8.86. The number of hydrogen-bond acceptors (Lipinski definition) is 12. The molecule has 2 N–H and O–H groups in total. The number of fused-ring (bicyclic) bond motifs is 2. The normalized spacial score (nSPS) is 43.9. The van der Waals surface area contributed by atoms with Crippen molar-refractivity contribution in [3.05, 3.63) is 83.0 Å². The molecule has 12 heteroatoms. The summed E-state index contributed by atoms with van der Waals surface area (Å²) in [5.74, 6) is -2.57. The number of benzene rings is 1. The molecular formula is C48H66O12. The van der Waals surface area contributed by atoms with E-state index in [2.05, 4.69) is 33.8 Å². The van der Waals surface area contributed by atoms with Crippen LogP contribution in [-0.2, 0) is 42.7 Å². The number of carbonyl (C=O) groups excluding carboxylic acids is 2. The fourth-order valence-electron chi connectivity index (χ4n) is 10.2. The fraction of sp³-hybridized carbons (Fsp3) is 0.667. The van der Waals surface area contributed by atoms with Crippen molar-refractivity contribution in [2.45, 2.75) is 166 Å². The smallest absolute Gasteiger partial charge is 0.338 e. The number of carbonyl (C=O) groups is 2. The van der Waals surface area contributed by atoms with Gasteiger partial charge in [-0.3, -0.25) is 4.79 Å². The van der Waals surface area contributed by atoms with Gasteiger partial charge in [-0.2, -0.15) is 0 Å². The van der Waals surface area contributed by atoms with E-state index in [-0.39, 0.29) is 24.7 Å². The van der Waals surface area contributed by atoms with E-state index in [1.807, 2.05) is 32.1 Å². The molecular weight excluding hydrogens is 769 g/mol. The maximum atomic E-state index is 14.3. The van der Waals surface area contributed by atoms with Crippen molar-refractivity contribution in [2.24, 2.45) is 23.7 Å². The van der Waals surface area contributed by atoms with Gasteiger partial charge in [-0.15, -0.1) is 0 Å². The van der Waals surface area contributed by atoms with E-state index in [9.17, 15) is 19.8 Å². The van der Waals surface area contributed by atoms with Crippen molar-refractivity contribution in [2.75, 3.05) is 13.7 Å². The first-order chi connectivity index (χ1) is 28.7. The Hall–Kier alpha value is -3.20. The molecule has 1 aromatic carbocycles. The number of esters is 2. The molecule has 5 heterocycles. The van der Waals surface area contributed by atoms with Crippen molar-refractivity contribution >= 4 is 11.9 Å². The van der Waals surface area contributed by atoms with Crippen molar-refractivity contribution < 1.29 is 57.7 Å². The van der Waals surface area contributed by atoms with Crippen molar-refractivity contribution in [3.8, 4) is 0 Å². The summed E-state index contributed by atoms with van der Waals surface area (Å²) in [6.45, 7) is 14.3. The second-order valence-electron chi connectivity index (χ2n) is 18.2. The van der Waals surface area contributed by atoms with Crippen LogP contribution in [0.3, 0.4) is 0 Å². The SMILES string of the molecule is CCC(C)[C@H]1OC2(CC[C@@H]1C)C[C@@H]1C[C@@H](C/C=C(\C)[C@@H](O[C@H]3C[C@H](OC)[C@@H](OC(=O)c4ccccc4)[C@H](C)O3)[C@@H](C)/C=C/C=C3\CO[C@@H]4[C@H](O)C(C)=C[C@@H](C(=O)O1)[C@]34O)O2. The number of hydrogen-bond donors (Lipinski definition) is 2. The Labute approximate surface area is 355 Å². The molecule has 0 radical (unpaired) electrons. The molecule has 4 fully saturated rings. The molecule has 1 aliphatic carbocycles. The highest BCUT2D eigenvalue weighted by molar-refractivity contribution is 5.89. The zero-order valence-electron chi connectivity index (χ0n) is 36.5. The molecule has 60 heavy (non-hydrogen) atoms. The molecule has 16 atom stereocenters. The average Bonchev–Trinajstić information content (AvgIpc) is 3.57. The van der Waals surface area contributed by atoms with E-state index < -0.39 is 78.3 Å². The van der Waals surface area contributed by atoms with Crippen LogP contribution in [0.2, 0.25) is 0 Å². The lowest BCUT2D eigenvalue weighted by Crippen LogP contribution is -2.58. The third-order valence-electron chi connectivity index (χ3n) is 13.9. The lowest BCUT2D eigenvalue weighted by molar-refractivity contribution is -0.340. The van der Waals surface area contributed by atoms with Gasteiger partial charge in [0.1, 0.15) is 35.9 Å². The molecule has 2 bridgehead atoms. The minimum Gasteiger partial charge on any atom is -0.462 e. The molecule has 6 aliphatic rings. The predicted molar refractivity (Wildman–Crippen MR) is 222 cm³/mol. The van der Waals surface area contributed by atoms with Gasteiger partial charge < -0.3 is 48.1 Å². The molecule has 330 valence electrons. The van der Waals surface area contributed by atoms with Crippen LogP contribution in [0.5, 0.6) is 0 Å². The number of methoxy groups -OCH3 is 1. The Bertz CT molecular complexity index is 1800. The molecule has 2 unspecified atom stereocenters. The lowest BCUT2D eigenvalue weighted by atomic mass is 9.71. The molecule has 1 spiro atoms. The van der Waals surface area contributed by atoms with Crippen LogP contribution in [0.25, 0.3) is 0 Å². The molecule has 0 aromatic heterocycles. The monoisotopic (exact) mass is 834 g/mol. The van der Waals surface area contributed by atoms with Crippen LogP contribution in [0, 0.1) is 23.7 Å². The first-order valence-corrected chi connectivity index (χ1v) is 22.1. The highest BCUT2D eigenvalue weighted by atomic mass is 16.7. The fourth-order valence-corrected chi connectivity index (χ4v) is 10.2. The van der Waals surface area contributed by atoms with E-state index in [1.165, 1.54) is 0 Å². The summed E-state index contributed by atoms with van der Waals surface area (Å²) in [5, 5.41) is 23.7. The second-order valence-corrected chi connectivity index (χ2v) is 18.2. The zero-order chi connectivity index (χ0) is 42.9. The summed E-state index contributed by atoms with van der Waals surface area (Å²) in [7, 11) is 1.60. The van der Waals surface area contributed by atoms with Crippen LogP contribution in [0.1, 0.15) is 104 Å². The average molecular weight is 835 g/mol. The molecule has 7 rings (SSSR count). The van der Waals surface area contributed by atoms with Gasteiger partial charge in [0.2, 0.25) is 0 Å². The van der Waals surface area contributed by atoms with E-state index in [1.54, 1.807) is 50.5 Å². The van der Waals surface area contributed by atoms with E-state index in [0.29, 0.717) is 60.6 Å². The third kappa shape index (κ3) is 9.13. The van der Waals surface area contributed by atoms with Gasteiger partial charge in [0, 0.05) is 38.7 Å². The Morgan fingerprint density at radius 2 is 1.82 bits per heavy atom. The van der Waals surface area contributed by atoms with Crippen LogP contribution in [0.4, 0.5) is 0 Å². The largest absolute Gasteiger partial charge is 0.462 e. The van der Waals surface area contributed by atoms with Gasteiger partial charge in [0.05, 0.1) is 36.6 Å². The summed E-state index contributed by atoms with van der Waals surface area (Å²) in [4.78, 5) is 27.4. The van der Waals surface area contributed by atoms with Gasteiger partial charge >= 0.3 is 11.9 Å². The molecule has 1 aromatic rings. The molecule has 0 amide bonds. The Morgan fingerprint density at radius 3 is 2.55 bits per heavy atom. The second kappa shape index (κ2) is 18.6. The summed E-state index contributed by atoms with van der Waals surface area (Å²) < 4.78 is 51.5. The van der Waals surface area contributed by atoms with Crippen LogP contribution in [0.15, 0.2) is 77.4 Å². The van der Waals surface area contributed by atoms with E-state index >= 15 is 0 Å². The van der Waals surface area contributed by atoms with Gasteiger partial charge in [-0.25, -0.2) is 4.79 Å². The summed E-state index contributed by atoms with van der Waals surface area (Å²) in [6.07, 6.45) is 7.79. The predicted octanol–water partition coefficient (Wildman–Crippen LogP) is 6.93. The summed E-state index contributed by atoms with van der Waals surface area (Å²) >= 11 is 0. The van der Waals surface area contributed by atoms with Crippen LogP contribution < -0.4 is 0 Å². The molecule has 4 saturated heterocycles. The summed E-state index contributed by atoms with van der Waals surface area (Å²) in [5.41, 5.74) is 0.607. The zero-order valence-corrected chi connectivity index (χ0v) is 36.5. The number of rotatable bonds is 7. The standard InChI is InChI=1S/C48H66O12/c1-9-27(2)42-30(5)20-21-47(60-42)25-36-23-35(59-47)19-18-29(4)41(57-39-24-38(53-8)43(32(7)55-39)58-45(50)33-15-11-10-12-16-33)28(3)14-13-17-34-26-54-44-40(49)31(6)22-37(46(51)56-36)48(34,44)52/h10-18,22,27-28,30,32,35-44,49,52H,9,19-21,23-26H2,1-8H3/b14-13+,29-18+,34-17+/t27?,28-,30-,32-,35+,36-,37-,38-,39-,40+,41-,42+,43-,44+,47?,48+/m0/s1. The maximum Gasteiger partial charge on any atom is 0.338 e.